The van der Waals surface area contributed by atoms with Crippen LogP contribution in [0.25, 0.3) is 0 Å². The Bertz CT molecular complexity index is 861. The maximum absolute atomic E-state index is 13.7. The van der Waals surface area contributed by atoms with Gasteiger partial charge in [0.05, 0.1) is 17.4 Å². The molecular weight excluding hydrogens is 322 g/mol. The maximum atomic E-state index is 13.7. The Morgan fingerprint density at radius 2 is 1.96 bits per heavy atom. The molecule has 0 radical (unpaired) electrons. The van der Waals surface area contributed by atoms with Gasteiger partial charge in [0.1, 0.15) is 11.6 Å². The predicted molar refractivity (Wildman–Crippen MR) is 81.7 cm³/mol. The summed E-state index contributed by atoms with van der Waals surface area (Å²) in [6.07, 6.45) is 0. The topological polar surface area (TPSA) is 70.0 Å². The Balaban J connectivity index is 2.15. The second kappa shape index (κ2) is 6.86. The molecule has 0 heterocycles. The maximum Gasteiger partial charge on any atom is 0.216 e. The van der Waals surface area contributed by atoms with Gasteiger partial charge in [0.15, 0.2) is 0 Å². The molecule has 120 valence electrons. The smallest absolute Gasteiger partial charge is 0.212 e. The minimum atomic E-state index is -3.75. The van der Waals surface area contributed by atoms with Crippen molar-refractivity contribution >= 4 is 10.0 Å². The van der Waals surface area contributed by atoms with E-state index >= 15 is 0 Å². The van der Waals surface area contributed by atoms with Crippen LogP contribution in [0.5, 0.6) is 0 Å². The van der Waals surface area contributed by atoms with E-state index in [1.807, 2.05) is 6.07 Å². The van der Waals surface area contributed by atoms with Gasteiger partial charge in [-0.15, -0.1) is 0 Å². The van der Waals surface area contributed by atoms with Crippen LogP contribution in [-0.2, 0) is 15.8 Å². The van der Waals surface area contributed by atoms with Crippen molar-refractivity contribution in [1.82, 2.24) is 4.72 Å². The number of nitrogens with zero attached hydrogens (tertiary/aromatic N) is 1. The first-order valence-corrected chi connectivity index (χ1v) is 8.40. The van der Waals surface area contributed by atoms with Gasteiger partial charge in [-0.05, 0) is 30.7 Å². The van der Waals surface area contributed by atoms with Crippen LogP contribution in [0.15, 0.2) is 42.5 Å². The SMILES string of the molecule is CC(NS(=O)(=O)Cc1cccc(C#N)c1)c1ccc(F)cc1F. The third-order valence-electron chi connectivity index (χ3n) is 3.20. The summed E-state index contributed by atoms with van der Waals surface area (Å²) in [6, 6.07) is 10.3. The molecule has 0 aliphatic carbocycles. The van der Waals surface area contributed by atoms with Crippen LogP contribution in [0, 0.1) is 23.0 Å². The van der Waals surface area contributed by atoms with Crippen molar-refractivity contribution in [3.63, 3.8) is 0 Å². The number of sulfonamides is 1. The van der Waals surface area contributed by atoms with Crippen molar-refractivity contribution in [2.75, 3.05) is 0 Å². The first-order valence-electron chi connectivity index (χ1n) is 6.75. The summed E-state index contributed by atoms with van der Waals surface area (Å²) in [5, 5.41) is 8.82. The molecule has 0 saturated heterocycles. The summed E-state index contributed by atoms with van der Waals surface area (Å²) in [5.41, 5.74) is 0.861. The molecule has 1 N–H and O–H groups in total. The number of hydrogen-bond acceptors (Lipinski definition) is 3. The zero-order valence-corrected chi connectivity index (χ0v) is 13.1. The van der Waals surface area contributed by atoms with E-state index in [9.17, 15) is 17.2 Å². The first-order chi connectivity index (χ1) is 10.8. The van der Waals surface area contributed by atoms with Crippen molar-refractivity contribution in [2.24, 2.45) is 0 Å². The lowest BCUT2D eigenvalue weighted by atomic mass is 10.1. The van der Waals surface area contributed by atoms with E-state index in [1.54, 1.807) is 18.2 Å². The van der Waals surface area contributed by atoms with Gasteiger partial charge in [-0.1, -0.05) is 18.2 Å². The number of hydrogen-bond donors (Lipinski definition) is 1. The summed E-state index contributed by atoms with van der Waals surface area (Å²) in [7, 11) is -3.75. The Morgan fingerprint density at radius 1 is 1.22 bits per heavy atom. The highest BCUT2D eigenvalue weighted by molar-refractivity contribution is 7.88. The predicted octanol–water partition coefficient (Wildman–Crippen LogP) is 3.02. The summed E-state index contributed by atoms with van der Waals surface area (Å²) >= 11 is 0. The van der Waals surface area contributed by atoms with Gasteiger partial charge in [0.25, 0.3) is 0 Å². The van der Waals surface area contributed by atoms with Crippen molar-refractivity contribution in [2.45, 2.75) is 18.7 Å². The molecule has 2 rings (SSSR count). The molecule has 1 atom stereocenters. The molecule has 0 spiro atoms. The van der Waals surface area contributed by atoms with Crippen LogP contribution in [0.1, 0.15) is 29.7 Å². The van der Waals surface area contributed by atoms with Crippen molar-refractivity contribution in [3.8, 4) is 6.07 Å². The van der Waals surface area contributed by atoms with Crippen molar-refractivity contribution in [3.05, 3.63) is 70.8 Å². The molecular formula is C16H14F2N2O2S. The van der Waals surface area contributed by atoms with E-state index < -0.39 is 27.7 Å². The summed E-state index contributed by atoms with van der Waals surface area (Å²) in [5.74, 6) is -1.88. The Labute approximate surface area is 133 Å². The quantitative estimate of drug-likeness (QED) is 0.912. The summed E-state index contributed by atoms with van der Waals surface area (Å²) in [4.78, 5) is 0. The van der Waals surface area contributed by atoms with Crippen LogP contribution in [0.4, 0.5) is 8.78 Å². The molecule has 2 aromatic carbocycles. The molecule has 0 amide bonds. The van der Waals surface area contributed by atoms with E-state index in [-0.39, 0.29) is 11.3 Å². The molecule has 23 heavy (non-hydrogen) atoms. The fourth-order valence-electron chi connectivity index (χ4n) is 2.18. The molecule has 0 aliphatic rings. The van der Waals surface area contributed by atoms with E-state index in [0.29, 0.717) is 17.2 Å². The van der Waals surface area contributed by atoms with Crippen molar-refractivity contribution in [1.29, 1.82) is 5.26 Å². The summed E-state index contributed by atoms with van der Waals surface area (Å²) in [6.45, 7) is 1.47. The van der Waals surface area contributed by atoms with Gasteiger partial charge in [-0.25, -0.2) is 21.9 Å². The lowest BCUT2D eigenvalue weighted by molar-refractivity contribution is 0.539. The fraction of sp³-hybridized carbons (Fsp3) is 0.188. The third kappa shape index (κ3) is 4.58. The van der Waals surface area contributed by atoms with Crippen molar-refractivity contribution < 1.29 is 17.2 Å². The minimum Gasteiger partial charge on any atom is -0.212 e. The highest BCUT2D eigenvalue weighted by atomic mass is 32.2. The number of nitrogens with one attached hydrogen (secondary N) is 1. The highest BCUT2D eigenvalue weighted by Gasteiger charge is 2.19. The van der Waals surface area contributed by atoms with Crippen LogP contribution in [0.3, 0.4) is 0 Å². The first kappa shape index (κ1) is 17.1. The van der Waals surface area contributed by atoms with Gasteiger partial charge in [0, 0.05) is 17.7 Å². The third-order valence-corrected chi connectivity index (χ3v) is 4.62. The largest absolute Gasteiger partial charge is 0.216 e. The Hall–Kier alpha value is -2.30. The van der Waals surface area contributed by atoms with Crippen LogP contribution in [0.2, 0.25) is 0 Å². The molecule has 4 nitrogen and oxygen atoms in total. The van der Waals surface area contributed by atoms with Gasteiger partial charge in [0.2, 0.25) is 10.0 Å². The minimum absolute atomic E-state index is 0.0563. The van der Waals surface area contributed by atoms with Gasteiger partial charge in [-0.3, -0.25) is 0 Å². The molecule has 2 aromatic rings. The zero-order chi connectivity index (χ0) is 17.0. The molecule has 0 fully saturated rings. The number of rotatable bonds is 5. The standard InChI is InChI=1S/C16H14F2N2O2S/c1-11(15-6-5-14(17)8-16(15)18)20-23(21,22)10-13-4-2-3-12(7-13)9-19/h2-8,11,20H,10H2,1H3. The number of benzene rings is 2. The fourth-order valence-corrected chi connectivity index (χ4v) is 3.54. The molecule has 7 heteroatoms. The lowest BCUT2D eigenvalue weighted by Crippen LogP contribution is -2.28. The molecule has 0 aromatic heterocycles. The highest BCUT2D eigenvalue weighted by Crippen LogP contribution is 2.19. The van der Waals surface area contributed by atoms with Crippen LogP contribution >= 0.6 is 0 Å². The van der Waals surface area contributed by atoms with E-state index in [1.165, 1.54) is 19.1 Å². The van der Waals surface area contributed by atoms with Crippen LogP contribution < -0.4 is 4.72 Å². The second-order valence-electron chi connectivity index (χ2n) is 5.08. The van der Waals surface area contributed by atoms with Crippen LogP contribution in [-0.4, -0.2) is 8.42 Å². The Kier molecular flexibility index (Phi) is 5.08. The van der Waals surface area contributed by atoms with Gasteiger partial charge >= 0.3 is 0 Å². The van der Waals surface area contributed by atoms with Gasteiger partial charge in [-0.2, -0.15) is 5.26 Å². The van der Waals surface area contributed by atoms with Gasteiger partial charge < -0.3 is 0 Å². The normalized spacial score (nSPS) is 12.6. The molecule has 0 aliphatic heterocycles. The van der Waals surface area contributed by atoms with E-state index in [4.69, 9.17) is 5.26 Å². The second-order valence-corrected chi connectivity index (χ2v) is 6.83. The molecule has 0 saturated carbocycles. The molecule has 0 bridgehead atoms. The molecule has 1 unspecified atom stereocenters. The van der Waals surface area contributed by atoms with E-state index in [0.717, 1.165) is 6.07 Å². The number of nitriles is 1. The summed E-state index contributed by atoms with van der Waals surface area (Å²) < 4.78 is 53.3. The lowest BCUT2D eigenvalue weighted by Gasteiger charge is -2.15. The average Bonchev–Trinajstić information content (AvgIpc) is 2.46. The monoisotopic (exact) mass is 336 g/mol. The zero-order valence-electron chi connectivity index (χ0n) is 12.3. The number of halogens is 2. The van der Waals surface area contributed by atoms with E-state index in [2.05, 4.69) is 4.72 Å². The Morgan fingerprint density at radius 3 is 2.61 bits per heavy atom. The average molecular weight is 336 g/mol.